The first-order chi connectivity index (χ1) is 16.8. The van der Waals surface area contributed by atoms with Crippen LogP contribution in [-0.2, 0) is 11.8 Å². The minimum atomic E-state index is -0.724. The molecule has 176 valence electrons. The van der Waals surface area contributed by atoms with Crippen molar-refractivity contribution >= 4 is 34.1 Å². The van der Waals surface area contributed by atoms with Gasteiger partial charge in [-0.25, -0.2) is 0 Å². The molecule has 2 heterocycles. The molecule has 8 heteroatoms. The minimum Gasteiger partial charge on any atom is -0.350 e. The van der Waals surface area contributed by atoms with Gasteiger partial charge in [0.25, 0.3) is 11.6 Å². The van der Waals surface area contributed by atoms with E-state index in [0.29, 0.717) is 22.4 Å². The van der Waals surface area contributed by atoms with E-state index in [9.17, 15) is 19.7 Å². The molecule has 1 N–H and O–H groups in total. The minimum absolute atomic E-state index is 0.0651. The van der Waals surface area contributed by atoms with Crippen LogP contribution in [0.25, 0.3) is 10.9 Å². The highest BCUT2D eigenvalue weighted by Gasteiger charge is 2.43. The molecule has 1 aromatic heterocycles. The van der Waals surface area contributed by atoms with Gasteiger partial charge in [0, 0.05) is 48.4 Å². The van der Waals surface area contributed by atoms with E-state index in [4.69, 9.17) is 0 Å². The third-order valence-corrected chi connectivity index (χ3v) is 6.87. The molecule has 1 aliphatic heterocycles. The van der Waals surface area contributed by atoms with E-state index in [-0.39, 0.29) is 17.5 Å². The second-order valence-corrected chi connectivity index (χ2v) is 8.83. The Morgan fingerprint density at radius 2 is 1.69 bits per heavy atom. The van der Waals surface area contributed by atoms with Gasteiger partial charge in [0.2, 0.25) is 5.91 Å². The van der Waals surface area contributed by atoms with Gasteiger partial charge in [0.1, 0.15) is 0 Å². The third kappa shape index (κ3) is 3.54. The van der Waals surface area contributed by atoms with E-state index in [2.05, 4.69) is 5.32 Å². The highest BCUT2D eigenvalue weighted by atomic mass is 16.6. The summed E-state index contributed by atoms with van der Waals surface area (Å²) >= 11 is 0. The Kier molecular flexibility index (Phi) is 5.36. The first kappa shape index (κ1) is 22.3. The molecule has 3 aromatic carbocycles. The summed E-state index contributed by atoms with van der Waals surface area (Å²) in [4.78, 5) is 39.8. The summed E-state index contributed by atoms with van der Waals surface area (Å²) in [5, 5.41) is 15.3. The zero-order chi connectivity index (χ0) is 24.9. The van der Waals surface area contributed by atoms with Crippen molar-refractivity contribution in [2.75, 3.05) is 12.4 Å². The average molecular weight is 469 g/mol. The van der Waals surface area contributed by atoms with Gasteiger partial charge >= 0.3 is 0 Å². The highest BCUT2D eigenvalue weighted by Crippen LogP contribution is 2.45. The number of carbonyl (C=O) groups is 2. The van der Waals surface area contributed by atoms with Gasteiger partial charge in [-0.3, -0.25) is 19.7 Å². The van der Waals surface area contributed by atoms with Crippen LogP contribution in [0.4, 0.5) is 11.4 Å². The molecule has 8 nitrogen and oxygen atoms in total. The van der Waals surface area contributed by atoms with E-state index in [1.165, 1.54) is 6.07 Å². The van der Waals surface area contributed by atoms with Crippen LogP contribution < -0.4 is 5.32 Å². The van der Waals surface area contributed by atoms with E-state index in [1.54, 1.807) is 43.1 Å². The maximum atomic E-state index is 13.9. The van der Waals surface area contributed by atoms with Crippen LogP contribution in [0.5, 0.6) is 0 Å². The van der Waals surface area contributed by atoms with Crippen LogP contribution in [0.3, 0.4) is 0 Å². The maximum absolute atomic E-state index is 13.9. The van der Waals surface area contributed by atoms with E-state index in [0.717, 1.165) is 16.5 Å². The second kappa shape index (κ2) is 8.39. The number of para-hydroxylation sites is 1. The molecule has 0 bridgehead atoms. The molecule has 0 radical (unpaired) electrons. The lowest BCUT2D eigenvalue weighted by atomic mass is 9.79. The Morgan fingerprint density at radius 3 is 2.46 bits per heavy atom. The Morgan fingerprint density at radius 1 is 0.971 bits per heavy atom. The van der Waals surface area contributed by atoms with Crippen molar-refractivity contribution in [2.24, 2.45) is 7.05 Å². The number of amides is 2. The van der Waals surface area contributed by atoms with E-state index < -0.39 is 16.9 Å². The first-order valence-corrected chi connectivity index (χ1v) is 11.2. The van der Waals surface area contributed by atoms with Crippen molar-refractivity contribution in [2.45, 2.75) is 18.9 Å². The Labute approximate surface area is 201 Å². The molecule has 0 saturated heterocycles. The van der Waals surface area contributed by atoms with Crippen LogP contribution in [0, 0.1) is 17.0 Å². The zero-order valence-corrected chi connectivity index (χ0v) is 19.6. The maximum Gasteiger partial charge on any atom is 0.274 e. The van der Waals surface area contributed by atoms with Crippen molar-refractivity contribution < 1.29 is 14.5 Å². The fraction of sp³-hybridized carbons (Fsp3) is 0.185. The molecule has 2 unspecified atom stereocenters. The molecule has 0 fully saturated rings. The van der Waals surface area contributed by atoms with E-state index >= 15 is 0 Å². The average Bonchev–Trinajstić information content (AvgIpc) is 3.18. The van der Waals surface area contributed by atoms with Crippen molar-refractivity contribution in [3.05, 3.63) is 105 Å². The SMILES string of the molecule is Cc1c(NC(=O)C2c3ccccc3C(=O)N(C)C2c2cn(C)c3ccccc23)cccc1[N+](=O)[O-]. The number of anilines is 1. The summed E-state index contributed by atoms with van der Waals surface area (Å²) in [5.41, 5.74) is 3.65. The van der Waals surface area contributed by atoms with Crippen molar-refractivity contribution in [1.82, 2.24) is 9.47 Å². The summed E-state index contributed by atoms with van der Waals surface area (Å²) in [5.74, 6) is -1.22. The normalized spacial score (nSPS) is 17.3. The van der Waals surface area contributed by atoms with Gasteiger partial charge < -0.3 is 14.8 Å². The predicted molar refractivity (Wildman–Crippen MR) is 133 cm³/mol. The number of hydrogen-bond donors (Lipinski definition) is 1. The number of likely N-dealkylation sites (N-methyl/N-ethyl adjacent to an activating group) is 1. The number of nitro benzene ring substituents is 1. The molecule has 1 aliphatic rings. The second-order valence-electron chi connectivity index (χ2n) is 8.83. The van der Waals surface area contributed by atoms with Crippen LogP contribution in [-0.4, -0.2) is 33.3 Å². The van der Waals surface area contributed by atoms with Crippen molar-refractivity contribution in [3.8, 4) is 0 Å². The lowest BCUT2D eigenvalue weighted by Crippen LogP contribution is -2.44. The molecule has 2 atom stereocenters. The number of aryl methyl sites for hydroxylation is 1. The Hall–Kier alpha value is -4.46. The molecular formula is C27H24N4O4. The molecular weight excluding hydrogens is 444 g/mol. The first-order valence-electron chi connectivity index (χ1n) is 11.2. The summed E-state index contributed by atoms with van der Waals surface area (Å²) in [6.07, 6.45) is 1.96. The number of fused-ring (bicyclic) bond motifs is 2. The summed E-state index contributed by atoms with van der Waals surface area (Å²) in [6.45, 7) is 1.61. The fourth-order valence-corrected chi connectivity index (χ4v) is 5.12. The standard InChI is InChI=1S/C27H24N4O4/c1-16-21(12-8-14-22(16)31(34)35)28-26(32)24-18-10-4-5-11-19(18)27(33)30(3)25(24)20-15-29(2)23-13-7-6-9-17(20)23/h4-15,24-25H,1-3H3,(H,28,32). The number of benzene rings is 3. The van der Waals surface area contributed by atoms with Gasteiger partial charge in [-0.05, 0) is 30.7 Å². The van der Waals surface area contributed by atoms with Crippen LogP contribution >= 0.6 is 0 Å². The van der Waals surface area contributed by atoms with Crippen LogP contribution in [0.15, 0.2) is 72.9 Å². The van der Waals surface area contributed by atoms with Gasteiger partial charge in [-0.1, -0.05) is 42.5 Å². The molecule has 0 aliphatic carbocycles. The molecule has 5 rings (SSSR count). The summed E-state index contributed by atoms with van der Waals surface area (Å²) < 4.78 is 1.99. The highest BCUT2D eigenvalue weighted by molar-refractivity contribution is 6.05. The number of hydrogen-bond acceptors (Lipinski definition) is 4. The van der Waals surface area contributed by atoms with Crippen molar-refractivity contribution in [3.63, 3.8) is 0 Å². The van der Waals surface area contributed by atoms with Crippen molar-refractivity contribution in [1.29, 1.82) is 0 Å². The quantitative estimate of drug-likeness (QED) is 0.339. The fourth-order valence-electron chi connectivity index (χ4n) is 5.12. The molecule has 0 spiro atoms. The Balaban J connectivity index is 1.67. The largest absolute Gasteiger partial charge is 0.350 e. The van der Waals surface area contributed by atoms with Gasteiger partial charge in [-0.15, -0.1) is 0 Å². The topological polar surface area (TPSA) is 97.5 Å². The van der Waals surface area contributed by atoms with Gasteiger partial charge in [-0.2, -0.15) is 0 Å². The zero-order valence-electron chi connectivity index (χ0n) is 19.6. The summed E-state index contributed by atoms with van der Waals surface area (Å²) in [6, 6.07) is 19.0. The molecule has 35 heavy (non-hydrogen) atoms. The van der Waals surface area contributed by atoms with Gasteiger partial charge in [0.05, 0.1) is 28.1 Å². The lowest BCUT2D eigenvalue weighted by Gasteiger charge is -2.39. The number of rotatable bonds is 4. The molecule has 4 aromatic rings. The lowest BCUT2D eigenvalue weighted by molar-refractivity contribution is -0.385. The number of nitrogens with zero attached hydrogens (tertiary/aromatic N) is 3. The predicted octanol–water partition coefficient (Wildman–Crippen LogP) is 4.94. The molecule has 2 amide bonds. The third-order valence-electron chi connectivity index (χ3n) is 6.87. The number of nitrogens with one attached hydrogen (secondary N) is 1. The summed E-state index contributed by atoms with van der Waals surface area (Å²) in [7, 11) is 3.65. The molecule has 0 saturated carbocycles. The number of aromatic nitrogens is 1. The smallest absolute Gasteiger partial charge is 0.274 e. The van der Waals surface area contributed by atoms with Crippen LogP contribution in [0.2, 0.25) is 0 Å². The number of nitro groups is 1. The van der Waals surface area contributed by atoms with Crippen LogP contribution in [0.1, 0.15) is 39.0 Å². The van der Waals surface area contributed by atoms with E-state index in [1.807, 2.05) is 54.2 Å². The monoisotopic (exact) mass is 468 g/mol. The van der Waals surface area contributed by atoms with Gasteiger partial charge in [0.15, 0.2) is 0 Å². The number of carbonyl (C=O) groups excluding carboxylic acids is 2. The Bertz CT molecular complexity index is 1510.